The van der Waals surface area contributed by atoms with Crippen LogP contribution in [0.3, 0.4) is 0 Å². The second-order valence-electron chi connectivity index (χ2n) is 5.49. The molecule has 3 rings (SSSR count). The van der Waals surface area contributed by atoms with E-state index in [-0.39, 0.29) is 23.4 Å². The number of hydrogen-bond acceptors (Lipinski definition) is 3. The summed E-state index contributed by atoms with van der Waals surface area (Å²) in [5.41, 5.74) is -0.349. The smallest absolute Gasteiger partial charge is 0.236 e. The van der Waals surface area contributed by atoms with E-state index < -0.39 is 0 Å². The van der Waals surface area contributed by atoms with E-state index in [9.17, 15) is 4.79 Å². The van der Waals surface area contributed by atoms with Gasteiger partial charge in [0.2, 0.25) is 11.8 Å². The van der Waals surface area contributed by atoms with Crippen LogP contribution in [0.25, 0.3) is 0 Å². The first-order chi connectivity index (χ1) is 8.12. The average Bonchev–Trinajstić information content (AvgIpc) is 2.88. The van der Waals surface area contributed by atoms with Crippen molar-refractivity contribution in [3.05, 3.63) is 18.4 Å². The van der Waals surface area contributed by atoms with Gasteiger partial charge in [-0.2, -0.15) is 0 Å². The normalized spacial score (nSPS) is 31.6. The third-order valence-corrected chi connectivity index (χ3v) is 4.05. The lowest BCUT2D eigenvalue weighted by Gasteiger charge is -2.33. The molecular weight excluding hydrogens is 216 g/mol. The standard InChI is InChI=1S/C13H18N2O2/c1-13(2)11-9(5-3-7-14-11)15(12(13)16)10-6-4-8-17-10/h4,6,8-9,11,14H,3,5,7H2,1-2H3. The quantitative estimate of drug-likeness (QED) is 0.805. The van der Waals surface area contributed by atoms with Gasteiger partial charge in [0.1, 0.15) is 0 Å². The molecule has 17 heavy (non-hydrogen) atoms. The van der Waals surface area contributed by atoms with Gasteiger partial charge in [-0.05, 0) is 39.3 Å². The molecule has 2 aliphatic rings. The van der Waals surface area contributed by atoms with Crippen LogP contribution in [0, 0.1) is 5.41 Å². The molecule has 0 aliphatic carbocycles. The lowest BCUT2D eigenvalue weighted by Crippen LogP contribution is -2.50. The second kappa shape index (κ2) is 3.60. The van der Waals surface area contributed by atoms with Crippen molar-refractivity contribution < 1.29 is 9.21 Å². The third kappa shape index (κ3) is 1.43. The molecular formula is C13H18N2O2. The van der Waals surface area contributed by atoms with Crippen molar-refractivity contribution in [2.24, 2.45) is 5.41 Å². The molecule has 1 aromatic rings. The van der Waals surface area contributed by atoms with Crippen molar-refractivity contribution >= 4 is 11.8 Å². The summed E-state index contributed by atoms with van der Waals surface area (Å²) in [7, 11) is 0. The molecule has 2 fully saturated rings. The Bertz CT molecular complexity index is 425. The molecule has 2 saturated heterocycles. The fourth-order valence-corrected chi connectivity index (χ4v) is 3.15. The maximum atomic E-state index is 12.5. The maximum absolute atomic E-state index is 12.5. The first-order valence-electron chi connectivity index (χ1n) is 6.23. The highest BCUT2D eigenvalue weighted by Gasteiger charge is 2.55. The summed E-state index contributed by atoms with van der Waals surface area (Å²) in [6, 6.07) is 4.16. The number of fused-ring (bicyclic) bond motifs is 1. The predicted octanol–water partition coefficient (Wildman–Crippen LogP) is 1.77. The Morgan fingerprint density at radius 1 is 1.53 bits per heavy atom. The first kappa shape index (κ1) is 10.8. The fraction of sp³-hybridized carbons (Fsp3) is 0.615. The van der Waals surface area contributed by atoms with Crippen molar-refractivity contribution in [3.63, 3.8) is 0 Å². The maximum Gasteiger partial charge on any atom is 0.236 e. The van der Waals surface area contributed by atoms with E-state index in [1.54, 1.807) is 6.26 Å². The predicted molar refractivity (Wildman–Crippen MR) is 64.8 cm³/mol. The minimum atomic E-state index is -0.349. The highest BCUT2D eigenvalue weighted by atomic mass is 16.3. The van der Waals surface area contributed by atoms with Crippen LogP contribution in [0.4, 0.5) is 5.88 Å². The number of furan rings is 1. The number of nitrogens with one attached hydrogen (secondary N) is 1. The minimum Gasteiger partial charge on any atom is -0.448 e. The van der Waals surface area contributed by atoms with Crippen molar-refractivity contribution in [1.82, 2.24) is 5.32 Å². The minimum absolute atomic E-state index is 0.164. The SMILES string of the molecule is CC1(C)C(=O)N(c2ccco2)C2CCCNC21. The van der Waals surface area contributed by atoms with Crippen LogP contribution in [0.15, 0.2) is 22.8 Å². The molecule has 1 N–H and O–H groups in total. The fourth-order valence-electron chi connectivity index (χ4n) is 3.15. The molecule has 0 aromatic carbocycles. The Balaban J connectivity index is 2.01. The summed E-state index contributed by atoms with van der Waals surface area (Å²) >= 11 is 0. The summed E-state index contributed by atoms with van der Waals surface area (Å²) in [4.78, 5) is 14.4. The van der Waals surface area contributed by atoms with Crippen molar-refractivity contribution in [1.29, 1.82) is 0 Å². The number of carbonyl (C=O) groups is 1. The van der Waals surface area contributed by atoms with E-state index in [2.05, 4.69) is 5.32 Å². The van der Waals surface area contributed by atoms with Crippen molar-refractivity contribution in [2.45, 2.75) is 38.8 Å². The first-order valence-corrected chi connectivity index (χ1v) is 6.23. The number of amides is 1. The number of hydrogen-bond donors (Lipinski definition) is 1. The zero-order valence-corrected chi connectivity index (χ0v) is 10.3. The zero-order chi connectivity index (χ0) is 12.0. The number of anilines is 1. The number of piperidine rings is 1. The molecule has 0 saturated carbocycles. The Morgan fingerprint density at radius 2 is 2.35 bits per heavy atom. The average molecular weight is 234 g/mol. The topological polar surface area (TPSA) is 45.5 Å². The lowest BCUT2D eigenvalue weighted by atomic mass is 9.81. The molecule has 3 heterocycles. The van der Waals surface area contributed by atoms with Gasteiger partial charge in [0.05, 0.1) is 17.7 Å². The molecule has 0 bridgehead atoms. The highest BCUT2D eigenvalue weighted by Crippen LogP contribution is 2.41. The molecule has 92 valence electrons. The van der Waals surface area contributed by atoms with Gasteiger partial charge >= 0.3 is 0 Å². The third-order valence-electron chi connectivity index (χ3n) is 4.05. The van der Waals surface area contributed by atoms with Gasteiger partial charge in [0, 0.05) is 12.1 Å². The van der Waals surface area contributed by atoms with Gasteiger partial charge in [0.25, 0.3) is 0 Å². The molecule has 2 unspecified atom stereocenters. The van der Waals surface area contributed by atoms with Gasteiger partial charge in [0.15, 0.2) is 0 Å². The summed E-state index contributed by atoms with van der Waals surface area (Å²) in [6.07, 6.45) is 3.79. The van der Waals surface area contributed by atoms with E-state index in [0.717, 1.165) is 19.4 Å². The van der Waals surface area contributed by atoms with Crippen LogP contribution >= 0.6 is 0 Å². The Morgan fingerprint density at radius 3 is 3.06 bits per heavy atom. The van der Waals surface area contributed by atoms with E-state index in [1.165, 1.54) is 0 Å². The van der Waals surface area contributed by atoms with Gasteiger partial charge in [-0.1, -0.05) is 0 Å². The van der Waals surface area contributed by atoms with Crippen LogP contribution in [-0.2, 0) is 4.79 Å². The van der Waals surface area contributed by atoms with Crippen LogP contribution in [0.1, 0.15) is 26.7 Å². The molecule has 0 spiro atoms. The Hall–Kier alpha value is -1.29. The molecule has 1 amide bonds. The molecule has 0 radical (unpaired) electrons. The Labute approximate surface area is 101 Å². The van der Waals surface area contributed by atoms with Crippen molar-refractivity contribution in [3.8, 4) is 0 Å². The van der Waals surface area contributed by atoms with Crippen molar-refractivity contribution in [2.75, 3.05) is 11.4 Å². The zero-order valence-electron chi connectivity index (χ0n) is 10.3. The van der Waals surface area contributed by atoms with E-state index in [4.69, 9.17) is 4.42 Å². The number of nitrogens with zero attached hydrogens (tertiary/aromatic N) is 1. The molecule has 4 nitrogen and oxygen atoms in total. The van der Waals surface area contributed by atoms with E-state index >= 15 is 0 Å². The lowest BCUT2D eigenvalue weighted by molar-refractivity contribution is -0.124. The van der Waals surface area contributed by atoms with Gasteiger partial charge in [-0.3, -0.25) is 9.69 Å². The van der Waals surface area contributed by atoms with E-state index in [0.29, 0.717) is 5.88 Å². The van der Waals surface area contributed by atoms with E-state index in [1.807, 2.05) is 30.9 Å². The van der Waals surface area contributed by atoms with Crippen LogP contribution in [0.5, 0.6) is 0 Å². The van der Waals surface area contributed by atoms with Gasteiger partial charge in [-0.15, -0.1) is 0 Å². The monoisotopic (exact) mass is 234 g/mol. The molecule has 2 atom stereocenters. The van der Waals surface area contributed by atoms with Gasteiger partial charge < -0.3 is 9.73 Å². The molecule has 4 heteroatoms. The Kier molecular flexibility index (Phi) is 2.30. The van der Waals surface area contributed by atoms with Crippen LogP contribution in [0.2, 0.25) is 0 Å². The summed E-state index contributed by atoms with van der Waals surface area (Å²) in [5, 5.41) is 3.49. The highest BCUT2D eigenvalue weighted by molar-refractivity contribution is 6.00. The van der Waals surface area contributed by atoms with Crippen LogP contribution < -0.4 is 10.2 Å². The van der Waals surface area contributed by atoms with Gasteiger partial charge in [-0.25, -0.2) is 0 Å². The van der Waals surface area contributed by atoms with Crippen LogP contribution in [-0.4, -0.2) is 24.5 Å². The summed E-state index contributed by atoms with van der Waals surface area (Å²) < 4.78 is 5.41. The molecule has 2 aliphatic heterocycles. The largest absolute Gasteiger partial charge is 0.448 e. The number of rotatable bonds is 1. The summed E-state index contributed by atoms with van der Waals surface area (Å²) in [5.74, 6) is 0.844. The second-order valence-corrected chi connectivity index (χ2v) is 5.49. The summed E-state index contributed by atoms with van der Waals surface area (Å²) in [6.45, 7) is 5.05. The molecule has 1 aromatic heterocycles. The number of carbonyl (C=O) groups excluding carboxylic acids is 1.